The molecule has 9 heteroatoms. The fourth-order valence-corrected chi connectivity index (χ4v) is 5.49. The highest BCUT2D eigenvalue weighted by Crippen LogP contribution is 2.28. The molecule has 1 atom stereocenters. The Morgan fingerprint density at radius 1 is 1.19 bits per heavy atom. The smallest absolute Gasteiger partial charge is 0.270 e. The number of sulfonamides is 1. The van der Waals surface area contributed by atoms with Gasteiger partial charge in [0.1, 0.15) is 0 Å². The van der Waals surface area contributed by atoms with Crippen molar-refractivity contribution in [2.24, 2.45) is 5.92 Å². The summed E-state index contributed by atoms with van der Waals surface area (Å²) in [7, 11) is -3.86. The zero-order valence-corrected chi connectivity index (χ0v) is 18.5. The Hall–Kier alpha value is -2.78. The fourth-order valence-electron chi connectivity index (χ4n) is 3.78. The van der Waals surface area contributed by atoms with Crippen LogP contribution in [0.1, 0.15) is 36.8 Å². The van der Waals surface area contributed by atoms with Gasteiger partial charge in [-0.2, -0.15) is 4.31 Å². The SMILES string of the molecule is Cc1ccc([N+](=O)[O-])cc1S(=O)(=O)N1CCC(C(=O)NC[C@H](C)c2ccccc2)CC1. The van der Waals surface area contributed by atoms with Crippen LogP contribution >= 0.6 is 0 Å². The molecule has 0 aliphatic carbocycles. The van der Waals surface area contributed by atoms with Gasteiger partial charge >= 0.3 is 0 Å². The molecule has 166 valence electrons. The van der Waals surface area contributed by atoms with Crippen LogP contribution in [0.5, 0.6) is 0 Å². The molecule has 8 nitrogen and oxygen atoms in total. The van der Waals surface area contributed by atoms with Gasteiger partial charge < -0.3 is 5.32 Å². The number of benzene rings is 2. The van der Waals surface area contributed by atoms with Crippen molar-refractivity contribution in [1.29, 1.82) is 0 Å². The molecule has 31 heavy (non-hydrogen) atoms. The van der Waals surface area contributed by atoms with Crippen molar-refractivity contribution in [3.05, 3.63) is 69.8 Å². The lowest BCUT2D eigenvalue weighted by atomic mass is 9.96. The first-order chi connectivity index (χ1) is 14.7. The van der Waals surface area contributed by atoms with Crippen LogP contribution in [0, 0.1) is 23.0 Å². The predicted octanol–water partition coefficient (Wildman–Crippen LogP) is 3.22. The third kappa shape index (κ3) is 5.29. The summed E-state index contributed by atoms with van der Waals surface area (Å²) in [5, 5.41) is 14.0. The van der Waals surface area contributed by atoms with E-state index in [0.29, 0.717) is 24.9 Å². The number of non-ortho nitro benzene ring substituents is 1. The fraction of sp³-hybridized carbons (Fsp3) is 0.409. The highest BCUT2D eigenvalue weighted by atomic mass is 32.2. The molecule has 1 saturated heterocycles. The first-order valence-electron chi connectivity index (χ1n) is 10.3. The molecule has 1 heterocycles. The average Bonchev–Trinajstić information content (AvgIpc) is 2.77. The van der Waals surface area contributed by atoms with Gasteiger partial charge in [-0.25, -0.2) is 8.42 Å². The summed E-state index contributed by atoms with van der Waals surface area (Å²) in [5.74, 6) is -0.130. The van der Waals surface area contributed by atoms with E-state index in [9.17, 15) is 23.3 Å². The van der Waals surface area contributed by atoms with E-state index in [4.69, 9.17) is 0 Å². The third-order valence-electron chi connectivity index (χ3n) is 5.78. The van der Waals surface area contributed by atoms with E-state index < -0.39 is 14.9 Å². The van der Waals surface area contributed by atoms with Crippen molar-refractivity contribution < 1.29 is 18.1 Å². The number of rotatable bonds is 7. The summed E-state index contributed by atoms with van der Waals surface area (Å²) in [4.78, 5) is 23.0. The first kappa shape index (κ1) is 22.9. The Balaban J connectivity index is 1.59. The Kier molecular flexibility index (Phi) is 7.07. The van der Waals surface area contributed by atoms with Crippen LogP contribution in [-0.2, 0) is 14.8 Å². The third-order valence-corrected chi connectivity index (χ3v) is 7.82. The van der Waals surface area contributed by atoms with Gasteiger partial charge in [0, 0.05) is 37.7 Å². The highest BCUT2D eigenvalue weighted by Gasteiger charge is 2.33. The standard InChI is InChI=1S/C22H27N3O5S/c1-16-8-9-20(25(27)28)14-21(16)31(29,30)24-12-10-19(11-13-24)22(26)23-15-17(2)18-6-4-3-5-7-18/h3-9,14,17,19H,10-13,15H2,1-2H3,(H,23,26)/t17-/m0/s1. The number of carbonyl (C=O) groups is 1. The molecular weight excluding hydrogens is 418 g/mol. The summed E-state index contributed by atoms with van der Waals surface area (Å²) in [6, 6.07) is 13.8. The number of hydrogen-bond acceptors (Lipinski definition) is 5. The van der Waals surface area contributed by atoms with Gasteiger partial charge in [0.2, 0.25) is 15.9 Å². The second-order valence-electron chi connectivity index (χ2n) is 7.94. The molecule has 0 aromatic heterocycles. The van der Waals surface area contributed by atoms with Crippen molar-refractivity contribution >= 4 is 21.6 Å². The molecule has 0 spiro atoms. The molecule has 0 bridgehead atoms. The van der Waals surface area contributed by atoms with Gasteiger partial charge in [0.25, 0.3) is 5.69 Å². The molecule has 1 aliphatic rings. The van der Waals surface area contributed by atoms with Gasteiger partial charge in [-0.15, -0.1) is 0 Å². The predicted molar refractivity (Wildman–Crippen MR) is 117 cm³/mol. The normalized spacial score (nSPS) is 16.6. The Labute approximate surface area is 182 Å². The summed E-state index contributed by atoms with van der Waals surface area (Å²) < 4.78 is 27.4. The highest BCUT2D eigenvalue weighted by molar-refractivity contribution is 7.89. The first-order valence-corrected chi connectivity index (χ1v) is 11.7. The minimum absolute atomic E-state index is 0.0544. The molecule has 1 amide bonds. The van der Waals surface area contributed by atoms with Crippen molar-refractivity contribution in [1.82, 2.24) is 9.62 Å². The summed E-state index contributed by atoms with van der Waals surface area (Å²) >= 11 is 0. The van der Waals surface area contributed by atoms with Gasteiger partial charge in [-0.1, -0.05) is 43.3 Å². The van der Waals surface area contributed by atoms with E-state index in [1.54, 1.807) is 6.92 Å². The maximum atomic E-state index is 13.0. The lowest BCUT2D eigenvalue weighted by Gasteiger charge is -2.31. The average molecular weight is 446 g/mol. The molecule has 1 aliphatic heterocycles. The minimum Gasteiger partial charge on any atom is -0.355 e. The zero-order valence-electron chi connectivity index (χ0n) is 17.7. The summed E-state index contributed by atoms with van der Waals surface area (Å²) in [6.45, 7) is 4.60. The van der Waals surface area contributed by atoms with Crippen LogP contribution in [0.25, 0.3) is 0 Å². The molecule has 2 aromatic carbocycles. The van der Waals surface area contributed by atoms with Gasteiger partial charge in [0.15, 0.2) is 0 Å². The van der Waals surface area contributed by atoms with Crippen LogP contribution in [0.2, 0.25) is 0 Å². The van der Waals surface area contributed by atoms with Crippen molar-refractivity contribution in [2.75, 3.05) is 19.6 Å². The van der Waals surface area contributed by atoms with E-state index >= 15 is 0 Å². The van der Waals surface area contributed by atoms with E-state index in [0.717, 1.165) is 11.6 Å². The molecule has 1 fully saturated rings. The van der Waals surface area contributed by atoms with Crippen molar-refractivity contribution in [3.63, 3.8) is 0 Å². The lowest BCUT2D eigenvalue weighted by Crippen LogP contribution is -2.43. The molecule has 0 unspecified atom stereocenters. The monoisotopic (exact) mass is 445 g/mol. The molecule has 3 rings (SSSR count). The van der Waals surface area contributed by atoms with Crippen LogP contribution in [0.15, 0.2) is 53.4 Å². The van der Waals surface area contributed by atoms with E-state index in [1.165, 1.54) is 16.4 Å². The molecular formula is C22H27N3O5S. The van der Waals surface area contributed by atoms with Crippen molar-refractivity contribution in [2.45, 2.75) is 37.5 Å². The van der Waals surface area contributed by atoms with Gasteiger partial charge in [-0.3, -0.25) is 14.9 Å². The lowest BCUT2D eigenvalue weighted by molar-refractivity contribution is -0.385. The Bertz CT molecular complexity index is 1050. The number of nitro benzene ring substituents is 1. The largest absolute Gasteiger partial charge is 0.355 e. The number of aryl methyl sites for hydroxylation is 1. The molecule has 0 radical (unpaired) electrons. The number of amides is 1. The molecule has 1 N–H and O–H groups in total. The van der Waals surface area contributed by atoms with Gasteiger partial charge in [0.05, 0.1) is 9.82 Å². The van der Waals surface area contributed by atoms with Crippen LogP contribution in [0.4, 0.5) is 5.69 Å². The van der Waals surface area contributed by atoms with E-state index in [2.05, 4.69) is 5.32 Å². The number of carbonyl (C=O) groups excluding carboxylic acids is 1. The number of nitrogens with zero attached hydrogens (tertiary/aromatic N) is 2. The van der Waals surface area contributed by atoms with Crippen LogP contribution in [-0.4, -0.2) is 43.2 Å². The second-order valence-corrected chi connectivity index (χ2v) is 9.85. The molecule has 2 aromatic rings. The van der Waals surface area contributed by atoms with Gasteiger partial charge in [-0.05, 0) is 36.8 Å². The maximum Gasteiger partial charge on any atom is 0.270 e. The van der Waals surface area contributed by atoms with E-state index in [1.807, 2.05) is 37.3 Å². The second kappa shape index (κ2) is 9.57. The molecule has 0 saturated carbocycles. The quantitative estimate of drug-likeness (QED) is 0.520. The van der Waals surface area contributed by atoms with E-state index in [-0.39, 0.29) is 41.4 Å². The maximum absolute atomic E-state index is 13.0. The topological polar surface area (TPSA) is 110 Å². The summed E-state index contributed by atoms with van der Waals surface area (Å²) in [6.07, 6.45) is 0.831. The number of hydrogen-bond donors (Lipinski definition) is 1. The Morgan fingerprint density at radius 3 is 2.45 bits per heavy atom. The Morgan fingerprint density at radius 2 is 1.84 bits per heavy atom. The van der Waals surface area contributed by atoms with Crippen molar-refractivity contribution in [3.8, 4) is 0 Å². The number of nitro groups is 1. The van der Waals surface area contributed by atoms with Crippen LogP contribution in [0.3, 0.4) is 0 Å². The van der Waals surface area contributed by atoms with Crippen LogP contribution < -0.4 is 5.32 Å². The summed E-state index contributed by atoms with van der Waals surface area (Å²) in [5.41, 5.74) is 1.35. The minimum atomic E-state index is -3.86. The zero-order chi connectivity index (χ0) is 22.6. The number of piperidine rings is 1. The number of nitrogens with one attached hydrogen (secondary N) is 1.